The van der Waals surface area contributed by atoms with Crippen molar-refractivity contribution in [3.63, 3.8) is 0 Å². The minimum atomic E-state index is -0.759. The van der Waals surface area contributed by atoms with Crippen LogP contribution in [-0.2, 0) is 4.79 Å². The van der Waals surface area contributed by atoms with Gasteiger partial charge >= 0.3 is 0 Å². The smallest absolute Gasteiger partial charge is 0.270 e. The highest BCUT2D eigenvalue weighted by Crippen LogP contribution is 2.30. The normalized spacial score (nSPS) is 19.5. The number of primary amides is 1. The van der Waals surface area contributed by atoms with Crippen LogP contribution in [0.15, 0.2) is 0 Å². The van der Waals surface area contributed by atoms with Crippen molar-refractivity contribution in [2.24, 2.45) is 5.73 Å². The van der Waals surface area contributed by atoms with Crippen molar-refractivity contribution in [1.29, 1.82) is 0 Å². The van der Waals surface area contributed by atoms with Gasteiger partial charge in [0.2, 0.25) is 5.91 Å². The molecule has 8 nitrogen and oxygen atoms in total. The summed E-state index contributed by atoms with van der Waals surface area (Å²) in [6, 6.07) is -0.468. The summed E-state index contributed by atoms with van der Waals surface area (Å²) in [5.41, 5.74) is 11.2. The summed E-state index contributed by atoms with van der Waals surface area (Å²) in [4.78, 5) is 39.8. The lowest BCUT2D eigenvalue weighted by Gasteiger charge is -2.38. The predicted molar refractivity (Wildman–Crippen MR) is 113 cm³/mol. The molecule has 2 fully saturated rings. The number of nitrogens with zero attached hydrogens (tertiary/aromatic N) is 2. The number of hydrogen-bond donors (Lipinski definition) is 3. The number of carbonyl (C=O) groups excluding carboxylic acids is 3. The van der Waals surface area contributed by atoms with Crippen molar-refractivity contribution in [2.45, 2.75) is 89.3 Å². The lowest BCUT2D eigenvalue weighted by atomic mass is 9.92. The Kier molecular flexibility index (Phi) is 7.10. The largest absolute Gasteiger partial charge is 0.395 e. The summed E-state index contributed by atoms with van der Waals surface area (Å²) in [6.45, 7) is 1.77. The highest BCUT2D eigenvalue weighted by atomic mass is 32.1. The van der Waals surface area contributed by atoms with Gasteiger partial charge in [-0.05, 0) is 44.1 Å². The van der Waals surface area contributed by atoms with E-state index in [0.29, 0.717) is 0 Å². The number of rotatable bonds is 6. The standard InChI is InChI=1S/C20H31N5O3S/c1-12(19(27)23-13-8-4-2-5-9-13)25(14-10-6-3-7-11-14)20(28)17-15(21)16(18(22)26)24-29-17/h12-14H,2-11,21H2,1H3,(H2,22,26)(H,23,27)/t12-/m0/s1. The van der Waals surface area contributed by atoms with Crippen molar-refractivity contribution < 1.29 is 14.4 Å². The van der Waals surface area contributed by atoms with Gasteiger partial charge in [0.05, 0.1) is 5.69 Å². The number of nitrogen functional groups attached to an aromatic ring is 1. The zero-order valence-corrected chi connectivity index (χ0v) is 17.8. The van der Waals surface area contributed by atoms with Crippen molar-refractivity contribution >= 4 is 34.9 Å². The maximum atomic E-state index is 13.4. The van der Waals surface area contributed by atoms with Gasteiger partial charge in [-0.25, -0.2) is 0 Å². The van der Waals surface area contributed by atoms with Crippen molar-refractivity contribution in [3.05, 3.63) is 10.6 Å². The van der Waals surface area contributed by atoms with E-state index in [2.05, 4.69) is 9.69 Å². The van der Waals surface area contributed by atoms with Crippen molar-refractivity contribution in [3.8, 4) is 0 Å². The summed E-state index contributed by atoms with van der Waals surface area (Å²) >= 11 is 0.871. The molecule has 0 aromatic carbocycles. The molecule has 1 heterocycles. The second-order valence-electron chi connectivity index (χ2n) is 8.16. The van der Waals surface area contributed by atoms with E-state index in [0.717, 1.165) is 69.3 Å². The first-order valence-corrected chi connectivity index (χ1v) is 11.4. The fraction of sp³-hybridized carbons (Fsp3) is 0.700. The Morgan fingerprint density at radius 1 is 1.07 bits per heavy atom. The first-order valence-electron chi connectivity index (χ1n) is 10.6. The van der Waals surface area contributed by atoms with Crippen LogP contribution in [0, 0.1) is 0 Å². The van der Waals surface area contributed by atoms with E-state index < -0.39 is 11.9 Å². The predicted octanol–water partition coefficient (Wildman–Crippen LogP) is 2.44. The van der Waals surface area contributed by atoms with Gasteiger partial charge in [-0.1, -0.05) is 38.5 Å². The molecule has 2 aliphatic rings. The molecule has 3 rings (SSSR count). The molecule has 0 aliphatic heterocycles. The second-order valence-corrected chi connectivity index (χ2v) is 8.94. The lowest BCUT2D eigenvalue weighted by Crippen LogP contribution is -2.54. The van der Waals surface area contributed by atoms with Gasteiger partial charge in [0.1, 0.15) is 10.9 Å². The summed E-state index contributed by atoms with van der Waals surface area (Å²) in [5, 5.41) is 3.13. The van der Waals surface area contributed by atoms with Crippen LogP contribution in [0.2, 0.25) is 0 Å². The third-order valence-corrected chi connectivity index (χ3v) is 6.96. The fourth-order valence-electron chi connectivity index (χ4n) is 4.46. The summed E-state index contributed by atoms with van der Waals surface area (Å²) in [7, 11) is 0. The van der Waals surface area contributed by atoms with E-state index in [1.165, 1.54) is 6.42 Å². The molecule has 2 aliphatic carbocycles. The fourth-order valence-corrected chi connectivity index (χ4v) is 5.21. The highest BCUT2D eigenvalue weighted by molar-refractivity contribution is 7.09. The topological polar surface area (TPSA) is 131 Å². The molecule has 0 radical (unpaired) electrons. The molecule has 3 amide bonds. The highest BCUT2D eigenvalue weighted by Gasteiger charge is 2.36. The van der Waals surface area contributed by atoms with Crippen LogP contribution in [0.5, 0.6) is 0 Å². The number of hydrogen-bond acceptors (Lipinski definition) is 6. The zero-order valence-electron chi connectivity index (χ0n) is 17.0. The Bertz CT molecular complexity index is 753. The van der Waals surface area contributed by atoms with Gasteiger partial charge in [-0.2, -0.15) is 4.37 Å². The number of carbonyl (C=O) groups is 3. The lowest BCUT2D eigenvalue weighted by molar-refractivity contribution is -0.127. The number of nitrogens with two attached hydrogens (primary N) is 2. The third kappa shape index (κ3) is 4.88. The average Bonchev–Trinajstić information content (AvgIpc) is 3.11. The molecule has 2 saturated carbocycles. The quantitative estimate of drug-likeness (QED) is 0.649. The van der Waals surface area contributed by atoms with Gasteiger partial charge in [-0.3, -0.25) is 14.4 Å². The molecule has 5 N–H and O–H groups in total. The molecule has 0 spiro atoms. The van der Waals surface area contributed by atoms with Gasteiger partial charge in [0, 0.05) is 12.1 Å². The molecule has 0 bridgehead atoms. The minimum absolute atomic E-state index is 0.00759. The molecule has 29 heavy (non-hydrogen) atoms. The summed E-state index contributed by atoms with van der Waals surface area (Å²) in [5.74, 6) is -1.23. The van der Waals surface area contributed by atoms with Gasteiger partial charge in [-0.15, -0.1) is 0 Å². The van der Waals surface area contributed by atoms with Crippen LogP contribution in [-0.4, -0.2) is 45.1 Å². The maximum absolute atomic E-state index is 13.4. The Labute approximate surface area is 175 Å². The van der Waals surface area contributed by atoms with Crippen molar-refractivity contribution in [1.82, 2.24) is 14.6 Å². The molecule has 160 valence electrons. The van der Waals surface area contributed by atoms with Crippen LogP contribution >= 0.6 is 11.5 Å². The number of anilines is 1. The first-order chi connectivity index (χ1) is 13.9. The van der Waals surface area contributed by atoms with Gasteiger partial charge in [0.15, 0.2) is 5.69 Å². The SMILES string of the molecule is C[C@@H](C(=O)NC1CCCCC1)N(C(=O)c1snc(C(N)=O)c1N)C1CCCCC1. The van der Waals surface area contributed by atoms with Crippen LogP contribution in [0.1, 0.15) is 91.3 Å². The third-order valence-electron chi connectivity index (χ3n) is 6.11. The minimum Gasteiger partial charge on any atom is -0.395 e. The van der Waals surface area contributed by atoms with Crippen LogP contribution in [0.25, 0.3) is 0 Å². The Morgan fingerprint density at radius 2 is 1.66 bits per heavy atom. The van der Waals surface area contributed by atoms with Gasteiger partial charge < -0.3 is 21.7 Å². The molecule has 0 unspecified atom stereocenters. The van der Waals surface area contributed by atoms with E-state index in [1.54, 1.807) is 11.8 Å². The number of nitrogens with one attached hydrogen (secondary N) is 1. The second kappa shape index (κ2) is 9.56. The first kappa shape index (κ1) is 21.5. The maximum Gasteiger partial charge on any atom is 0.270 e. The molecular weight excluding hydrogens is 390 g/mol. The molecule has 0 saturated heterocycles. The zero-order chi connectivity index (χ0) is 21.0. The molecule has 1 atom stereocenters. The van der Waals surface area contributed by atoms with Gasteiger partial charge in [0.25, 0.3) is 11.8 Å². The van der Waals surface area contributed by atoms with E-state index in [-0.39, 0.29) is 40.2 Å². The Balaban J connectivity index is 1.82. The number of aromatic nitrogens is 1. The van der Waals surface area contributed by atoms with E-state index in [1.807, 2.05) is 0 Å². The Hall–Kier alpha value is -2.16. The monoisotopic (exact) mass is 421 g/mol. The van der Waals surface area contributed by atoms with Crippen LogP contribution in [0.4, 0.5) is 5.69 Å². The molecule has 9 heteroatoms. The van der Waals surface area contributed by atoms with Crippen LogP contribution < -0.4 is 16.8 Å². The molecule has 1 aromatic rings. The number of amides is 3. The van der Waals surface area contributed by atoms with Crippen molar-refractivity contribution in [2.75, 3.05) is 5.73 Å². The van der Waals surface area contributed by atoms with E-state index >= 15 is 0 Å². The molecule has 1 aromatic heterocycles. The Morgan fingerprint density at radius 3 is 2.21 bits per heavy atom. The summed E-state index contributed by atoms with van der Waals surface area (Å²) in [6.07, 6.45) is 10.3. The molecular formula is C20H31N5O3S. The average molecular weight is 422 g/mol. The van der Waals surface area contributed by atoms with E-state index in [9.17, 15) is 14.4 Å². The van der Waals surface area contributed by atoms with E-state index in [4.69, 9.17) is 11.5 Å². The van der Waals surface area contributed by atoms with Crippen LogP contribution in [0.3, 0.4) is 0 Å². The summed E-state index contributed by atoms with van der Waals surface area (Å²) < 4.78 is 3.96.